The van der Waals surface area contributed by atoms with Crippen LogP contribution >= 0.6 is 0 Å². The van der Waals surface area contributed by atoms with Gasteiger partial charge in [0, 0.05) is 6.54 Å². The second kappa shape index (κ2) is 7.65. The van der Waals surface area contributed by atoms with Gasteiger partial charge in [-0.2, -0.15) is 0 Å². The fraction of sp³-hybridized carbons (Fsp3) is 0.647. The van der Waals surface area contributed by atoms with Crippen LogP contribution in [0.5, 0.6) is 5.75 Å². The molecular weight excluding hydrogens is 248 g/mol. The predicted octanol–water partition coefficient (Wildman–Crippen LogP) is 3.03. The first-order chi connectivity index (χ1) is 9.67. The summed E-state index contributed by atoms with van der Waals surface area (Å²) in [5.74, 6) is 1.82. The molecule has 0 aromatic heterocycles. The zero-order valence-corrected chi connectivity index (χ0v) is 12.8. The van der Waals surface area contributed by atoms with Crippen LogP contribution in [0.4, 0.5) is 0 Å². The molecule has 1 aromatic carbocycles. The first kappa shape index (κ1) is 15.3. The van der Waals surface area contributed by atoms with E-state index >= 15 is 0 Å². The van der Waals surface area contributed by atoms with Crippen molar-refractivity contribution in [3.63, 3.8) is 0 Å². The minimum atomic E-state index is 0.234. The van der Waals surface area contributed by atoms with Gasteiger partial charge >= 0.3 is 0 Å². The summed E-state index contributed by atoms with van der Waals surface area (Å²) >= 11 is 0. The molecule has 0 bridgehead atoms. The first-order valence-electron chi connectivity index (χ1n) is 7.85. The molecule has 3 heteroatoms. The Labute approximate surface area is 123 Å². The third kappa shape index (κ3) is 4.80. The van der Waals surface area contributed by atoms with Gasteiger partial charge in [0.1, 0.15) is 5.75 Å². The molecule has 1 aliphatic rings. The van der Waals surface area contributed by atoms with Crippen molar-refractivity contribution in [2.24, 2.45) is 11.7 Å². The van der Waals surface area contributed by atoms with Crippen molar-refractivity contribution in [2.75, 3.05) is 19.6 Å². The molecule has 1 aliphatic heterocycles. The maximum absolute atomic E-state index is 5.76. The van der Waals surface area contributed by atoms with Crippen LogP contribution in [0.1, 0.15) is 38.7 Å². The van der Waals surface area contributed by atoms with Crippen LogP contribution in [0.15, 0.2) is 24.3 Å². The fourth-order valence-electron chi connectivity index (χ4n) is 2.92. The molecule has 0 saturated carbocycles. The molecule has 0 spiro atoms. The van der Waals surface area contributed by atoms with Crippen molar-refractivity contribution >= 4 is 0 Å². The second-order valence-corrected chi connectivity index (χ2v) is 6.11. The van der Waals surface area contributed by atoms with Crippen molar-refractivity contribution in [1.82, 2.24) is 4.90 Å². The number of piperidine rings is 1. The maximum Gasteiger partial charge on any atom is 0.120 e. The Kier molecular flexibility index (Phi) is 5.86. The van der Waals surface area contributed by atoms with Gasteiger partial charge in [0.05, 0.1) is 6.10 Å². The van der Waals surface area contributed by atoms with Gasteiger partial charge in [0.15, 0.2) is 0 Å². The molecular formula is C17H28N2O. The van der Waals surface area contributed by atoms with Gasteiger partial charge < -0.3 is 10.5 Å². The van der Waals surface area contributed by atoms with Crippen LogP contribution in [0, 0.1) is 5.92 Å². The minimum absolute atomic E-state index is 0.234. The van der Waals surface area contributed by atoms with Crippen molar-refractivity contribution in [3.05, 3.63) is 29.8 Å². The molecule has 1 fully saturated rings. The van der Waals surface area contributed by atoms with Crippen LogP contribution in [-0.2, 0) is 6.54 Å². The number of hydrogen-bond donors (Lipinski definition) is 1. The lowest BCUT2D eigenvalue weighted by Crippen LogP contribution is -2.33. The minimum Gasteiger partial charge on any atom is -0.491 e. The van der Waals surface area contributed by atoms with E-state index in [0.717, 1.165) is 24.8 Å². The summed E-state index contributed by atoms with van der Waals surface area (Å²) in [4.78, 5) is 2.54. The van der Waals surface area contributed by atoms with Crippen LogP contribution in [0.3, 0.4) is 0 Å². The van der Waals surface area contributed by atoms with E-state index in [-0.39, 0.29) is 6.10 Å². The standard InChI is InChI=1S/C17H28N2O/c1-14(2)20-17-5-3-4-16(12-17)13-19-10-7-15(6-9-18)8-11-19/h3-5,12,14-15H,6-11,13,18H2,1-2H3. The average molecular weight is 276 g/mol. The molecule has 0 atom stereocenters. The highest BCUT2D eigenvalue weighted by Gasteiger charge is 2.18. The van der Waals surface area contributed by atoms with Crippen LogP contribution < -0.4 is 10.5 Å². The molecule has 1 aromatic rings. The monoisotopic (exact) mass is 276 g/mol. The summed E-state index contributed by atoms with van der Waals surface area (Å²) in [6.45, 7) is 8.38. The fourth-order valence-corrected chi connectivity index (χ4v) is 2.92. The van der Waals surface area contributed by atoms with Gasteiger partial charge in [-0.15, -0.1) is 0 Å². The Hall–Kier alpha value is -1.06. The molecule has 1 heterocycles. The largest absolute Gasteiger partial charge is 0.491 e. The highest BCUT2D eigenvalue weighted by molar-refractivity contribution is 5.28. The third-order valence-electron chi connectivity index (χ3n) is 3.96. The van der Waals surface area contributed by atoms with Crippen LogP contribution in [-0.4, -0.2) is 30.6 Å². The quantitative estimate of drug-likeness (QED) is 0.868. The summed E-state index contributed by atoms with van der Waals surface area (Å²) in [5, 5.41) is 0. The summed E-state index contributed by atoms with van der Waals surface area (Å²) < 4.78 is 5.76. The Bertz CT molecular complexity index is 398. The molecule has 3 nitrogen and oxygen atoms in total. The van der Waals surface area contributed by atoms with E-state index in [9.17, 15) is 0 Å². The lowest BCUT2D eigenvalue weighted by molar-refractivity contribution is 0.173. The zero-order valence-electron chi connectivity index (χ0n) is 12.8. The molecule has 2 N–H and O–H groups in total. The molecule has 0 radical (unpaired) electrons. The summed E-state index contributed by atoms with van der Waals surface area (Å²) in [7, 11) is 0. The maximum atomic E-state index is 5.76. The van der Waals surface area contributed by atoms with E-state index in [1.54, 1.807) is 0 Å². The van der Waals surface area contributed by atoms with Crippen LogP contribution in [0.2, 0.25) is 0 Å². The molecule has 20 heavy (non-hydrogen) atoms. The van der Waals surface area contributed by atoms with Crippen molar-refractivity contribution in [1.29, 1.82) is 0 Å². The molecule has 0 aliphatic carbocycles. The molecule has 1 saturated heterocycles. The number of ether oxygens (including phenoxy) is 1. The van der Waals surface area contributed by atoms with E-state index in [0.29, 0.717) is 0 Å². The zero-order chi connectivity index (χ0) is 14.4. The number of benzene rings is 1. The Balaban J connectivity index is 1.84. The Morgan fingerprint density at radius 3 is 2.70 bits per heavy atom. The SMILES string of the molecule is CC(C)Oc1cccc(CN2CCC(CCN)CC2)c1. The van der Waals surface area contributed by atoms with E-state index in [4.69, 9.17) is 10.5 Å². The number of nitrogens with two attached hydrogens (primary N) is 1. The van der Waals surface area contributed by atoms with Gasteiger partial charge in [0.2, 0.25) is 0 Å². The number of likely N-dealkylation sites (tertiary alicyclic amines) is 1. The lowest BCUT2D eigenvalue weighted by atomic mass is 9.93. The third-order valence-corrected chi connectivity index (χ3v) is 3.96. The van der Waals surface area contributed by atoms with Crippen molar-refractivity contribution in [3.8, 4) is 5.75 Å². The molecule has 112 valence electrons. The van der Waals surface area contributed by atoms with Crippen LogP contribution in [0.25, 0.3) is 0 Å². The Morgan fingerprint density at radius 2 is 2.05 bits per heavy atom. The summed E-state index contributed by atoms with van der Waals surface area (Å²) in [6.07, 6.45) is 4.00. The van der Waals surface area contributed by atoms with Gasteiger partial charge in [-0.05, 0) is 76.4 Å². The first-order valence-corrected chi connectivity index (χ1v) is 7.85. The van der Waals surface area contributed by atoms with Crippen molar-refractivity contribution < 1.29 is 4.74 Å². The smallest absolute Gasteiger partial charge is 0.120 e. The number of rotatable bonds is 6. The molecule has 2 rings (SSSR count). The van der Waals surface area contributed by atoms with E-state index in [1.807, 2.05) is 6.07 Å². The van der Waals surface area contributed by atoms with E-state index in [2.05, 4.69) is 36.9 Å². The van der Waals surface area contributed by atoms with Gasteiger partial charge in [-0.25, -0.2) is 0 Å². The van der Waals surface area contributed by atoms with Gasteiger partial charge in [0.25, 0.3) is 0 Å². The molecule has 0 unspecified atom stereocenters. The summed E-state index contributed by atoms with van der Waals surface area (Å²) in [6, 6.07) is 8.50. The summed E-state index contributed by atoms with van der Waals surface area (Å²) in [5.41, 5.74) is 6.99. The topological polar surface area (TPSA) is 38.5 Å². The van der Waals surface area contributed by atoms with E-state index in [1.165, 1.54) is 37.9 Å². The highest BCUT2D eigenvalue weighted by Crippen LogP contribution is 2.22. The van der Waals surface area contributed by atoms with E-state index < -0.39 is 0 Å². The highest BCUT2D eigenvalue weighted by atomic mass is 16.5. The lowest BCUT2D eigenvalue weighted by Gasteiger charge is -2.31. The van der Waals surface area contributed by atoms with Gasteiger partial charge in [-0.1, -0.05) is 12.1 Å². The molecule has 0 amide bonds. The second-order valence-electron chi connectivity index (χ2n) is 6.11. The normalized spacial score (nSPS) is 17.6. The Morgan fingerprint density at radius 1 is 1.30 bits per heavy atom. The van der Waals surface area contributed by atoms with Gasteiger partial charge in [-0.3, -0.25) is 4.90 Å². The predicted molar refractivity (Wildman–Crippen MR) is 83.9 cm³/mol. The number of nitrogens with zero attached hydrogens (tertiary/aromatic N) is 1. The van der Waals surface area contributed by atoms with Crippen molar-refractivity contribution in [2.45, 2.75) is 45.8 Å². The average Bonchev–Trinajstić information content (AvgIpc) is 2.41. The number of hydrogen-bond acceptors (Lipinski definition) is 3.